The molecule has 0 amide bonds. The lowest BCUT2D eigenvalue weighted by atomic mass is 9.91. The maximum atomic E-state index is 12.0. The number of hydrogen-bond acceptors (Lipinski definition) is 6. The number of aryl methyl sites for hydroxylation is 1. The Hall–Kier alpha value is -0.750. The summed E-state index contributed by atoms with van der Waals surface area (Å²) in [6.07, 6.45) is 5.06. The Kier molecular flexibility index (Phi) is 5.72. The fraction of sp³-hybridized carbons (Fsp3) is 0.714. The number of carbonyl (C=O) groups excluding carboxylic acids is 1. The van der Waals surface area contributed by atoms with Crippen molar-refractivity contribution in [3.05, 3.63) is 10.6 Å². The summed E-state index contributed by atoms with van der Waals surface area (Å²) < 4.78 is 5.18. The topological polar surface area (TPSA) is 42.4 Å². The molecule has 0 radical (unpaired) electrons. The van der Waals surface area contributed by atoms with Gasteiger partial charge < -0.3 is 9.64 Å². The minimum Gasteiger partial charge on any atom is -0.465 e. The second-order valence-corrected chi connectivity index (χ2v) is 6.96. The lowest BCUT2D eigenvalue weighted by molar-refractivity contribution is -0.145. The zero-order valence-electron chi connectivity index (χ0n) is 12.3. The van der Waals surface area contributed by atoms with Crippen molar-refractivity contribution in [3.63, 3.8) is 0 Å². The summed E-state index contributed by atoms with van der Waals surface area (Å²) in [7, 11) is 2.07. The average molecular weight is 314 g/mol. The first kappa shape index (κ1) is 15.6. The number of carbonyl (C=O) groups is 1. The molecule has 1 aromatic rings. The Morgan fingerprint density at radius 3 is 3.10 bits per heavy atom. The molecular formula is C14H22N2O2S2. The Labute approximate surface area is 128 Å². The van der Waals surface area contributed by atoms with E-state index in [4.69, 9.17) is 9.72 Å². The van der Waals surface area contributed by atoms with Crippen LogP contribution in [0, 0.1) is 0 Å². The van der Waals surface area contributed by atoms with Gasteiger partial charge in [-0.05, 0) is 32.4 Å². The molecule has 1 unspecified atom stereocenters. The smallest absolute Gasteiger partial charge is 0.315 e. The molecule has 1 aliphatic carbocycles. The maximum absolute atomic E-state index is 12.0. The quantitative estimate of drug-likeness (QED) is 0.755. The fourth-order valence-electron chi connectivity index (χ4n) is 2.36. The summed E-state index contributed by atoms with van der Waals surface area (Å²) in [6.45, 7) is 3.28. The van der Waals surface area contributed by atoms with Gasteiger partial charge in [-0.2, -0.15) is 11.8 Å². The number of anilines is 1. The molecule has 0 N–H and O–H groups in total. The Bertz CT molecular complexity index is 462. The Morgan fingerprint density at radius 2 is 2.40 bits per heavy atom. The average Bonchev–Trinajstić information content (AvgIpc) is 2.88. The van der Waals surface area contributed by atoms with E-state index in [2.05, 4.69) is 18.2 Å². The van der Waals surface area contributed by atoms with Crippen LogP contribution in [-0.2, 0) is 16.0 Å². The van der Waals surface area contributed by atoms with Crippen LogP contribution in [0.15, 0.2) is 0 Å². The van der Waals surface area contributed by atoms with Crippen molar-refractivity contribution in [3.8, 4) is 0 Å². The lowest BCUT2D eigenvalue weighted by Gasteiger charge is -2.19. The molecule has 0 spiro atoms. The van der Waals surface area contributed by atoms with E-state index >= 15 is 0 Å². The summed E-state index contributed by atoms with van der Waals surface area (Å²) in [6, 6.07) is 0. The predicted molar refractivity (Wildman–Crippen MR) is 86.1 cm³/mol. The third-order valence-electron chi connectivity index (χ3n) is 3.47. The van der Waals surface area contributed by atoms with Gasteiger partial charge in [-0.1, -0.05) is 0 Å². The lowest BCUT2D eigenvalue weighted by Crippen LogP contribution is -2.22. The van der Waals surface area contributed by atoms with Crippen molar-refractivity contribution in [1.29, 1.82) is 0 Å². The number of ether oxygens (including phenoxy) is 1. The number of aromatic nitrogens is 1. The van der Waals surface area contributed by atoms with Crippen LogP contribution in [0.4, 0.5) is 5.13 Å². The zero-order chi connectivity index (χ0) is 14.5. The van der Waals surface area contributed by atoms with Crippen LogP contribution in [0.25, 0.3) is 0 Å². The van der Waals surface area contributed by atoms with E-state index in [1.165, 1.54) is 4.88 Å². The van der Waals surface area contributed by atoms with E-state index in [1.54, 1.807) is 11.3 Å². The molecule has 1 heterocycles. The first-order valence-electron chi connectivity index (χ1n) is 7.03. The largest absolute Gasteiger partial charge is 0.465 e. The van der Waals surface area contributed by atoms with Crippen LogP contribution in [-0.4, -0.2) is 43.2 Å². The summed E-state index contributed by atoms with van der Waals surface area (Å²) in [4.78, 5) is 20.2. The van der Waals surface area contributed by atoms with Crippen LogP contribution in [0.5, 0.6) is 0 Å². The van der Waals surface area contributed by atoms with Crippen LogP contribution >= 0.6 is 23.1 Å². The third kappa shape index (κ3) is 3.47. The van der Waals surface area contributed by atoms with Crippen molar-refractivity contribution in [2.24, 2.45) is 0 Å². The summed E-state index contributed by atoms with van der Waals surface area (Å²) in [5.41, 5.74) is 0.964. The highest BCUT2D eigenvalue weighted by Crippen LogP contribution is 2.38. The van der Waals surface area contributed by atoms with Crippen molar-refractivity contribution in [1.82, 2.24) is 4.98 Å². The van der Waals surface area contributed by atoms with E-state index in [0.29, 0.717) is 6.61 Å². The number of hydrogen-bond donors (Lipinski definition) is 0. The maximum Gasteiger partial charge on any atom is 0.315 e. The minimum atomic E-state index is -0.155. The Balaban J connectivity index is 2.15. The molecule has 2 rings (SSSR count). The van der Waals surface area contributed by atoms with Crippen LogP contribution < -0.4 is 4.90 Å². The number of nitrogens with zero attached hydrogens (tertiary/aromatic N) is 2. The van der Waals surface area contributed by atoms with Crippen molar-refractivity contribution in [2.75, 3.05) is 37.1 Å². The summed E-state index contributed by atoms with van der Waals surface area (Å²) in [5, 5.41) is 1.03. The van der Waals surface area contributed by atoms with E-state index in [1.807, 2.05) is 18.7 Å². The van der Waals surface area contributed by atoms with Gasteiger partial charge in [-0.15, -0.1) is 11.3 Å². The van der Waals surface area contributed by atoms with Gasteiger partial charge in [0.25, 0.3) is 0 Å². The number of thioether (sulfide) groups is 1. The van der Waals surface area contributed by atoms with Gasteiger partial charge in [0.2, 0.25) is 0 Å². The molecule has 6 heteroatoms. The van der Waals surface area contributed by atoms with Crippen LogP contribution in [0.2, 0.25) is 0 Å². The van der Waals surface area contributed by atoms with E-state index in [-0.39, 0.29) is 11.9 Å². The monoisotopic (exact) mass is 314 g/mol. The van der Waals surface area contributed by atoms with Crippen LogP contribution in [0.1, 0.15) is 36.3 Å². The summed E-state index contributed by atoms with van der Waals surface area (Å²) >= 11 is 3.56. The number of thiazole rings is 1. The van der Waals surface area contributed by atoms with Gasteiger partial charge in [0.05, 0.1) is 12.3 Å². The number of esters is 1. The first-order chi connectivity index (χ1) is 9.67. The molecule has 4 nitrogen and oxygen atoms in total. The van der Waals surface area contributed by atoms with Crippen molar-refractivity contribution < 1.29 is 9.53 Å². The van der Waals surface area contributed by atoms with E-state index < -0.39 is 0 Å². The molecule has 0 aliphatic heterocycles. The fourth-order valence-corrected chi connectivity index (χ4v) is 3.97. The molecule has 112 valence electrons. The van der Waals surface area contributed by atoms with Crippen molar-refractivity contribution >= 4 is 34.2 Å². The number of fused-ring (bicyclic) bond motifs is 1. The van der Waals surface area contributed by atoms with Crippen molar-refractivity contribution in [2.45, 2.75) is 32.1 Å². The van der Waals surface area contributed by atoms with Gasteiger partial charge in [-0.3, -0.25) is 4.79 Å². The molecule has 0 fully saturated rings. The predicted octanol–water partition coefficient (Wildman–Crippen LogP) is 2.93. The molecule has 1 atom stereocenters. The van der Waals surface area contributed by atoms with Gasteiger partial charge in [-0.25, -0.2) is 4.98 Å². The SMILES string of the molecule is CCOC(=O)C1CCCc2sc(N(C)CCSC)nc21. The normalized spacial score (nSPS) is 17.6. The molecule has 0 aromatic carbocycles. The van der Waals surface area contributed by atoms with Gasteiger partial charge in [0.1, 0.15) is 5.92 Å². The molecule has 0 saturated heterocycles. The molecular weight excluding hydrogens is 292 g/mol. The molecule has 0 bridgehead atoms. The highest BCUT2D eigenvalue weighted by Gasteiger charge is 2.31. The third-order valence-corrected chi connectivity index (χ3v) is 5.31. The molecule has 1 aliphatic rings. The van der Waals surface area contributed by atoms with E-state index in [9.17, 15) is 4.79 Å². The van der Waals surface area contributed by atoms with Gasteiger partial charge in [0.15, 0.2) is 5.13 Å². The Morgan fingerprint density at radius 1 is 1.60 bits per heavy atom. The molecule has 0 saturated carbocycles. The first-order valence-corrected chi connectivity index (χ1v) is 9.24. The molecule has 1 aromatic heterocycles. The minimum absolute atomic E-state index is 0.114. The zero-order valence-corrected chi connectivity index (χ0v) is 14.0. The number of rotatable bonds is 6. The molecule has 20 heavy (non-hydrogen) atoms. The standard InChI is InChI=1S/C14H22N2O2S2/c1-4-18-13(17)10-6-5-7-11-12(10)15-14(20-11)16(2)8-9-19-3/h10H,4-9H2,1-3H3. The van der Waals surface area contributed by atoms with E-state index in [0.717, 1.165) is 42.4 Å². The highest BCUT2D eigenvalue weighted by atomic mass is 32.2. The summed E-state index contributed by atoms with van der Waals surface area (Å²) in [5.74, 6) is 0.817. The van der Waals surface area contributed by atoms with Gasteiger partial charge in [0, 0.05) is 24.2 Å². The van der Waals surface area contributed by atoms with Crippen LogP contribution in [0.3, 0.4) is 0 Å². The van der Waals surface area contributed by atoms with Gasteiger partial charge >= 0.3 is 5.97 Å². The highest BCUT2D eigenvalue weighted by molar-refractivity contribution is 7.98. The second kappa shape index (κ2) is 7.31. The second-order valence-electron chi connectivity index (χ2n) is 4.92.